The summed E-state index contributed by atoms with van der Waals surface area (Å²) >= 11 is 0. The van der Waals surface area contributed by atoms with E-state index in [0.29, 0.717) is 13.1 Å². The highest BCUT2D eigenvalue weighted by atomic mass is 127. The van der Waals surface area contributed by atoms with Crippen molar-refractivity contribution < 1.29 is 4.74 Å². The van der Waals surface area contributed by atoms with Crippen molar-refractivity contribution in [1.82, 2.24) is 15.5 Å². The third kappa shape index (κ3) is 7.57. The van der Waals surface area contributed by atoms with Gasteiger partial charge in [-0.25, -0.2) is 0 Å². The van der Waals surface area contributed by atoms with Crippen molar-refractivity contribution in [2.45, 2.75) is 13.0 Å². The Kier molecular flexibility index (Phi) is 11.3. The van der Waals surface area contributed by atoms with Gasteiger partial charge in [0.25, 0.3) is 0 Å². The maximum Gasteiger partial charge on any atom is 0.192 e. The van der Waals surface area contributed by atoms with E-state index in [4.69, 9.17) is 11.2 Å². The van der Waals surface area contributed by atoms with Gasteiger partial charge in [-0.1, -0.05) is 18.1 Å². The standard InChI is InChI=1S/C17H26N4O.HI/c1-6-12-19-17(18-7-2)20-13-16(21(3)4)14-8-10-15(22-5)11-9-14;/h1,8-11,16H,7,12-13H2,2-5H3,(H2,18,19,20);1H. The minimum absolute atomic E-state index is 0. The van der Waals surface area contributed by atoms with Crippen LogP contribution in [-0.2, 0) is 0 Å². The van der Waals surface area contributed by atoms with Crippen LogP contribution in [0.25, 0.3) is 0 Å². The minimum Gasteiger partial charge on any atom is -0.497 e. The zero-order valence-electron chi connectivity index (χ0n) is 14.3. The molecule has 0 aliphatic heterocycles. The van der Waals surface area contributed by atoms with Crippen LogP contribution in [0.15, 0.2) is 29.3 Å². The third-order valence-electron chi connectivity index (χ3n) is 3.25. The van der Waals surface area contributed by atoms with Gasteiger partial charge in [-0.3, -0.25) is 4.99 Å². The number of rotatable bonds is 7. The molecule has 0 heterocycles. The average Bonchev–Trinajstić information content (AvgIpc) is 2.53. The monoisotopic (exact) mass is 430 g/mol. The Morgan fingerprint density at radius 2 is 1.96 bits per heavy atom. The van der Waals surface area contributed by atoms with Crippen LogP contribution in [0.4, 0.5) is 0 Å². The molecule has 0 saturated carbocycles. The van der Waals surface area contributed by atoms with Gasteiger partial charge in [0.15, 0.2) is 5.96 Å². The normalized spacial score (nSPS) is 12.1. The van der Waals surface area contributed by atoms with Crippen LogP contribution in [0.5, 0.6) is 5.75 Å². The number of nitrogens with one attached hydrogen (secondary N) is 2. The highest BCUT2D eigenvalue weighted by Gasteiger charge is 2.14. The Morgan fingerprint density at radius 1 is 1.30 bits per heavy atom. The van der Waals surface area contributed by atoms with Crippen molar-refractivity contribution in [2.75, 3.05) is 40.8 Å². The molecule has 1 aromatic rings. The first-order valence-electron chi connectivity index (χ1n) is 7.38. The molecule has 0 aliphatic carbocycles. The van der Waals surface area contributed by atoms with E-state index in [2.05, 4.69) is 38.6 Å². The van der Waals surface area contributed by atoms with Crippen LogP contribution in [0.3, 0.4) is 0 Å². The predicted molar refractivity (Wildman–Crippen MR) is 108 cm³/mol. The molecular formula is C17H27IN4O. The van der Waals surface area contributed by atoms with Crippen LogP contribution in [-0.4, -0.2) is 51.7 Å². The van der Waals surface area contributed by atoms with Gasteiger partial charge in [0.1, 0.15) is 5.75 Å². The molecule has 1 unspecified atom stereocenters. The van der Waals surface area contributed by atoms with Gasteiger partial charge < -0.3 is 20.3 Å². The lowest BCUT2D eigenvalue weighted by Gasteiger charge is -2.24. The Morgan fingerprint density at radius 3 is 2.43 bits per heavy atom. The topological polar surface area (TPSA) is 48.9 Å². The first kappa shape index (κ1) is 21.5. The van der Waals surface area contributed by atoms with Gasteiger partial charge in [0.2, 0.25) is 0 Å². The van der Waals surface area contributed by atoms with Crippen molar-refractivity contribution >= 4 is 29.9 Å². The largest absolute Gasteiger partial charge is 0.497 e. The summed E-state index contributed by atoms with van der Waals surface area (Å²) in [4.78, 5) is 6.77. The molecule has 1 aromatic carbocycles. The number of benzene rings is 1. The highest BCUT2D eigenvalue weighted by Crippen LogP contribution is 2.21. The summed E-state index contributed by atoms with van der Waals surface area (Å²) in [7, 11) is 5.76. The van der Waals surface area contributed by atoms with E-state index in [0.717, 1.165) is 18.3 Å². The summed E-state index contributed by atoms with van der Waals surface area (Å²) in [6.45, 7) is 3.92. The Labute approximate surface area is 156 Å². The second-order valence-electron chi connectivity index (χ2n) is 5.03. The van der Waals surface area contributed by atoms with E-state index in [1.807, 2.05) is 33.2 Å². The van der Waals surface area contributed by atoms with Gasteiger partial charge in [-0.2, -0.15) is 0 Å². The number of halogens is 1. The van der Waals surface area contributed by atoms with Crippen molar-refractivity contribution in [3.63, 3.8) is 0 Å². The molecule has 6 heteroatoms. The lowest BCUT2D eigenvalue weighted by Crippen LogP contribution is -2.38. The van der Waals surface area contributed by atoms with Crippen LogP contribution in [0.1, 0.15) is 18.5 Å². The zero-order chi connectivity index (χ0) is 16.4. The van der Waals surface area contributed by atoms with Crippen LogP contribution in [0.2, 0.25) is 0 Å². The molecule has 5 nitrogen and oxygen atoms in total. The number of terminal acetylenes is 1. The fourth-order valence-corrected chi connectivity index (χ4v) is 2.05. The summed E-state index contributed by atoms with van der Waals surface area (Å²) in [5.41, 5.74) is 1.20. The second kappa shape index (κ2) is 12.0. The molecule has 0 fully saturated rings. The molecule has 0 radical (unpaired) electrons. The van der Waals surface area contributed by atoms with E-state index in [9.17, 15) is 0 Å². The van der Waals surface area contributed by atoms with Crippen LogP contribution in [0, 0.1) is 12.3 Å². The number of nitrogens with zero attached hydrogens (tertiary/aromatic N) is 2. The summed E-state index contributed by atoms with van der Waals surface area (Å²) in [5, 5.41) is 6.28. The first-order chi connectivity index (χ1) is 10.6. The Bertz CT molecular complexity index is 508. The molecule has 23 heavy (non-hydrogen) atoms. The minimum atomic E-state index is 0. The fourth-order valence-electron chi connectivity index (χ4n) is 2.05. The lowest BCUT2D eigenvalue weighted by molar-refractivity contribution is 0.306. The summed E-state index contributed by atoms with van der Waals surface area (Å²) in [6.07, 6.45) is 5.28. The molecule has 0 spiro atoms. The molecule has 0 bridgehead atoms. The number of hydrogen-bond acceptors (Lipinski definition) is 3. The van der Waals surface area contributed by atoms with E-state index in [1.165, 1.54) is 5.56 Å². The van der Waals surface area contributed by atoms with E-state index >= 15 is 0 Å². The number of aliphatic imine (C=N–C) groups is 1. The van der Waals surface area contributed by atoms with E-state index in [-0.39, 0.29) is 30.0 Å². The predicted octanol–water partition coefficient (Wildman–Crippen LogP) is 2.10. The SMILES string of the molecule is C#CCNC(=NCC(c1ccc(OC)cc1)N(C)C)NCC.I. The molecular weight excluding hydrogens is 403 g/mol. The summed E-state index contributed by atoms with van der Waals surface area (Å²) < 4.78 is 5.20. The molecule has 2 N–H and O–H groups in total. The Balaban J connectivity index is 0.00000484. The maximum atomic E-state index is 5.28. The molecule has 1 atom stereocenters. The number of guanidine groups is 1. The van der Waals surface area contributed by atoms with Crippen LogP contribution >= 0.6 is 24.0 Å². The smallest absolute Gasteiger partial charge is 0.192 e. The summed E-state index contributed by atoms with van der Waals surface area (Å²) in [5.74, 6) is 4.15. The molecule has 0 aromatic heterocycles. The maximum absolute atomic E-state index is 5.28. The summed E-state index contributed by atoms with van der Waals surface area (Å²) in [6, 6.07) is 8.27. The average molecular weight is 430 g/mol. The molecule has 0 saturated heterocycles. The first-order valence-corrected chi connectivity index (χ1v) is 7.38. The van der Waals surface area contributed by atoms with E-state index < -0.39 is 0 Å². The van der Waals surface area contributed by atoms with Gasteiger partial charge in [-0.15, -0.1) is 30.4 Å². The fraction of sp³-hybridized carbons (Fsp3) is 0.471. The molecule has 0 aliphatic rings. The second-order valence-corrected chi connectivity index (χ2v) is 5.03. The van der Waals surface area contributed by atoms with Crippen molar-refractivity contribution in [2.24, 2.45) is 4.99 Å². The van der Waals surface area contributed by atoms with Crippen LogP contribution < -0.4 is 15.4 Å². The number of hydrogen-bond donors (Lipinski definition) is 2. The van der Waals surface area contributed by atoms with Crippen molar-refractivity contribution in [3.8, 4) is 18.1 Å². The van der Waals surface area contributed by atoms with E-state index in [1.54, 1.807) is 7.11 Å². The third-order valence-corrected chi connectivity index (χ3v) is 3.25. The number of methoxy groups -OCH3 is 1. The number of ether oxygens (including phenoxy) is 1. The quantitative estimate of drug-likeness (QED) is 0.301. The van der Waals surface area contributed by atoms with Gasteiger partial charge in [0.05, 0.1) is 26.2 Å². The molecule has 1 rings (SSSR count). The zero-order valence-corrected chi connectivity index (χ0v) is 16.6. The van der Waals surface area contributed by atoms with Crippen molar-refractivity contribution in [1.29, 1.82) is 0 Å². The lowest BCUT2D eigenvalue weighted by atomic mass is 10.1. The van der Waals surface area contributed by atoms with Crippen molar-refractivity contribution in [3.05, 3.63) is 29.8 Å². The Hall–Kier alpha value is -1.46. The van der Waals surface area contributed by atoms with Gasteiger partial charge in [0, 0.05) is 6.54 Å². The van der Waals surface area contributed by atoms with Gasteiger partial charge in [-0.05, 0) is 38.7 Å². The van der Waals surface area contributed by atoms with Gasteiger partial charge >= 0.3 is 0 Å². The molecule has 0 amide bonds. The highest BCUT2D eigenvalue weighted by molar-refractivity contribution is 14.0. The molecule has 128 valence electrons. The number of likely N-dealkylation sites (N-methyl/N-ethyl adjacent to an activating group) is 1.